The lowest BCUT2D eigenvalue weighted by atomic mass is 10.0. The number of aryl methyl sites for hydroxylation is 1. The standard InChI is InChI=1S/C19H25NO/c1-3-4-16-7-11-19(12-8-16)21-14-17-5-9-18(10-6-17)15(2)13-20/h5-12,15H,3-4,13-14,20H2,1-2H3. The van der Waals surface area contributed by atoms with E-state index in [4.69, 9.17) is 10.5 Å². The van der Waals surface area contributed by atoms with Crippen molar-refractivity contribution in [2.24, 2.45) is 5.73 Å². The molecule has 0 amide bonds. The van der Waals surface area contributed by atoms with Gasteiger partial charge in [0.05, 0.1) is 0 Å². The summed E-state index contributed by atoms with van der Waals surface area (Å²) in [6, 6.07) is 16.9. The Balaban J connectivity index is 1.90. The van der Waals surface area contributed by atoms with Crippen LogP contribution in [0.1, 0.15) is 42.9 Å². The predicted octanol–water partition coefficient (Wildman–Crippen LogP) is 4.28. The second-order valence-corrected chi connectivity index (χ2v) is 5.56. The summed E-state index contributed by atoms with van der Waals surface area (Å²) < 4.78 is 5.83. The van der Waals surface area contributed by atoms with Crippen molar-refractivity contribution in [1.82, 2.24) is 0 Å². The average Bonchev–Trinajstić information content (AvgIpc) is 2.54. The maximum absolute atomic E-state index is 5.83. The van der Waals surface area contributed by atoms with Crippen LogP contribution >= 0.6 is 0 Å². The van der Waals surface area contributed by atoms with Crippen LogP contribution in [-0.2, 0) is 13.0 Å². The molecule has 2 rings (SSSR count). The van der Waals surface area contributed by atoms with Gasteiger partial charge in [0.2, 0.25) is 0 Å². The molecule has 2 nitrogen and oxygen atoms in total. The summed E-state index contributed by atoms with van der Waals surface area (Å²) in [4.78, 5) is 0. The van der Waals surface area contributed by atoms with Gasteiger partial charge in [0.1, 0.15) is 12.4 Å². The molecule has 1 unspecified atom stereocenters. The monoisotopic (exact) mass is 283 g/mol. The van der Waals surface area contributed by atoms with Crippen molar-refractivity contribution in [2.75, 3.05) is 6.54 Å². The number of rotatable bonds is 7. The van der Waals surface area contributed by atoms with E-state index in [1.807, 2.05) is 0 Å². The van der Waals surface area contributed by atoms with E-state index in [-0.39, 0.29) is 0 Å². The highest BCUT2D eigenvalue weighted by Gasteiger charge is 2.03. The number of ether oxygens (including phenoxy) is 1. The number of benzene rings is 2. The third kappa shape index (κ3) is 4.61. The van der Waals surface area contributed by atoms with E-state index in [1.54, 1.807) is 0 Å². The molecule has 2 aromatic carbocycles. The topological polar surface area (TPSA) is 35.2 Å². The Morgan fingerprint density at radius 2 is 1.57 bits per heavy atom. The first-order valence-electron chi connectivity index (χ1n) is 7.73. The molecule has 112 valence electrons. The lowest BCUT2D eigenvalue weighted by molar-refractivity contribution is 0.306. The van der Waals surface area contributed by atoms with Crippen molar-refractivity contribution in [1.29, 1.82) is 0 Å². The number of nitrogens with two attached hydrogens (primary N) is 1. The van der Waals surface area contributed by atoms with Gasteiger partial charge in [0, 0.05) is 0 Å². The SMILES string of the molecule is CCCc1ccc(OCc2ccc(C(C)CN)cc2)cc1. The van der Waals surface area contributed by atoms with E-state index >= 15 is 0 Å². The fourth-order valence-corrected chi connectivity index (χ4v) is 2.29. The van der Waals surface area contributed by atoms with Gasteiger partial charge in [-0.15, -0.1) is 0 Å². The van der Waals surface area contributed by atoms with Crippen LogP contribution in [0.5, 0.6) is 5.75 Å². The highest BCUT2D eigenvalue weighted by Crippen LogP contribution is 2.17. The molecule has 2 N–H and O–H groups in total. The molecule has 0 spiro atoms. The molecule has 0 aliphatic heterocycles. The van der Waals surface area contributed by atoms with Crippen molar-refractivity contribution >= 4 is 0 Å². The quantitative estimate of drug-likeness (QED) is 0.823. The van der Waals surface area contributed by atoms with E-state index in [1.165, 1.54) is 23.1 Å². The molecule has 2 heteroatoms. The molecule has 0 fully saturated rings. The molecule has 1 atom stereocenters. The molecule has 0 aromatic heterocycles. The Bertz CT molecular complexity index is 530. The minimum Gasteiger partial charge on any atom is -0.489 e. The third-order valence-electron chi connectivity index (χ3n) is 3.77. The minimum atomic E-state index is 0.408. The van der Waals surface area contributed by atoms with Gasteiger partial charge >= 0.3 is 0 Å². The van der Waals surface area contributed by atoms with Gasteiger partial charge in [-0.1, -0.05) is 56.7 Å². The van der Waals surface area contributed by atoms with Crippen LogP contribution in [0.15, 0.2) is 48.5 Å². The Kier molecular flexibility index (Phi) is 5.82. The molecule has 0 radical (unpaired) electrons. The summed E-state index contributed by atoms with van der Waals surface area (Å²) in [6.07, 6.45) is 2.30. The number of hydrogen-bond acceptors (Lipinski definition) is 2. The summed E-state index contributed by atoms with van der Waals surface area (Å²) in [6.45, 7) is 5.62. The Morgan fingerprint density at radius 1 is 0.952 bits per heavy atom. The molecule has 2 aromatic rings. The van der Waals surface area contributed by atoms with Crippen molar-refractivity contribution in [3.05, 3.63) is 65.2 Å². The molecule has 21 heavy (non-hydrogen) atoms. The lowest BCUT2D eigenvalue weighted by Crippen LogP contribution is -2.08. The van der Waals surface area contributed by atoms with Gasteiger partial charge in [0.15, 0.2) is 0 Å². The fourth-order valence-electron chi connectivity index (χ4n) is 2.29. The zero-order valence-electron chi connectivity index (χ0n) is 13.0. The predicted molar refractivity (Wildman–Crippen MR) is 88.7 cm³/mol. The summed E-state index contributed by atoms with van der Waals surface area (Å²) in [5, 5.41) is 0. The van der Waals surface area contributed by atoms with Gasteiger partial charge in [-0.3, -0.25) is 0 Å². The van der Waals surface area contributed by atoms with Crippen LogP contribution in [0.4, 0.5) is 0 Å². The zero-order valence-corrected chi connectivity index (χ0v) is 13.0. The largest absolute Gasteiger partial charge is 0.489 e. The van der Waals surface area contributed by atoms with Gasteiger partial charge < -0.3 is 10.5 Å². The molecular weight excluding hydrogens is 258 g/mol. The maximum Gasteiger partial charge on any atom is 0.119 e. The van der Waals surface area contributed by atoms with Crippen molar-refractivity contribution < 1.29 is 4.74 Å². The number of hydrogen-bond donors (Lipinski definition) is 1. The van der Waals surface area contributed by atoms with Crippen LogP contribution in [-0.4, -0.2) is 6.54 Å². The Morgan fingerprint density at radius 3 is 2.14 bits per heavy atom. The third-order valence-corrected chi connectivity index (χ3v) is 3.77. The Hall–Kier alpha value is -1.80. The fraction of sp³-hybridized carbons (Fsp3) is 0.368. The Labute approximate surface area is 127 Å². The molecule has 0 bridgehead atoms. The first kappa shape index (κ1) is 15.6. The molecular formula is C19H25NO. The minimum absolute atomic E-state index is 0.408. The van der Waals surface area contributed by atoms with E-state index in [0.717, 1.165) is 12.2 Å². The summed E-state index contributed by atoms with van der Waals surface area (Å²) in [5.74, 6) is 1.33. The van der Waals surface area contributed by atoms with E-state index in [2.05, 4.69) is 62.4 Å². The van der Waals surface area contributed by atoms with Crippen molar-refractivity contribution in [3.8, 4) is 5.75 Å². The van der Waals surface area contributed by atoms with Crippen molar-refractivity contribution in [2.45, 2.75) is 39.2 Å². The van der Waals surface area contributed by atoms with Crippen LogP contribution < -0.4 is 10.5 Å². The molecule has 0 heterocycles. The molecule has 0 aliphatic carbocycles. The van der Waals surface area contributed by atoms with Gasteiger partial charge in [-0.25, -0.2) is 0 Å². The van der Waals surface area contributed by atoms with Gasteiger partial charge in [0.25, 0.3) is 0 Å². The van der Waals surface area contributed by atoms with Crippen molar-refractivity contribution in [3.63, 3.8) is 0 Å². The van der Waals surface area contributed by atoms with Gasteiger partial charge in [-0.2, -0.15) is 0 Å². The second-order valence-electron chi connectivity index (χ2n) is 5.56. The van der Waals surface area contributed by atoms with Crippen LogP contribution in [0, 0.1) is 0 Å². The van der Waals surface area contributed by atoms with E-state index < -0.39 is 0 Å². The van der Waals surface area contributed by atoms with Gasteiger partial charge in [-0.05, 0) is 47.7 Å². The van der Waals surface area contributed by atoms with E-state index in [9.17, 15) is 0 Å². The summed E-state index contributed by atoms with van der Waals surface area (Å²) in [5.41, 5.74) is 9.52. The zero-order chi connectivity index (χ0) is 15.1. The summed E-state index contributed by atoms with van der Waals surface area (Å²) >= 11 is 0. The van der Waals surface area contributed by atoms with Crippen LogP contribution in [0.25, 0.3) is 0 Å². The highest BCUT2D eigenvalue weighted by molar-refractivity contribution is 5.29. The first-order chi connectivity index (χ1) is 10.2. The van der Waals surface area contributed by atoms with E-state index in [0.29, 0.717) is 19.1 Å². The smallest absolute Gasteiger partial charge is 0.119 e. The average molecular weight is 283 g/mol. The molecule has 0 saturated carbocycles. The normalized spacial score (nSPS) is 12.1. The van der Waals surface area contributed by atoms with Crippen LogP contribution in [0.3, 0.4) is 0 Å². The highest BCUT2D eigenvalue weighted by atomic mass is 16.5. The second kappa shape index (κ2) is 7.84. The summed E-state index contributed by atoms with van der Waals surface area (Å²) in [7, 11) is 0. The maximum atomic E-state index is 5.83. The first-order valence-corrected chi connectivity index (χ1v) is 7.73. The van der Waals surface area contributed by atoms with Crippen LogP contribution in [0.2, 0.25) is 0 Å². The molecule has 0 aliphatic rings. The molecule has 0 saturated heterocycles. The lowest BCUT2D eigenvalue weighted by Gasteiger charge is -2.11.